The summed E-state index contributed by atoms with van der Waals surface area (Å²) in [4.78, 5) is 12.7. The molecule has 1 N–H and O–H groups in total. The molecule has 2 aliphatic rings. The number of carbonyl (C=O) groups excluding carboxylic acids is 1. The molecule has 1 aliphatic carbocycles. The van der Waals surface area contributed by atoms with Gasteiger partial charge in [-0.25, -0.2) is 0 Å². The Morgan fingerprint density at radius 3 is 2.04 bits per heavy atom. The summed E-state index contributed by atoms with van der Waals surface area (Å²) in [7, 11) is 0. The first-order chi connectivity index (χ1) is 12.0. The van der Waals surface area contributed by atoms with E-state index in [0.29, 0.717) is 18.6 Å². The van der Waals surface area contributed by atoms with E-state index in [0.717, 1.165) is 23.4 Å². The lowest BCUT2D eigenvalue weighted by molar-refractivity contribution is -0.118. The first kappa shape index (κ1) is 15.9. The van der Waals surface area contributed by atoms with E-state index in [1.165, 1.54) is 16.7 Å². The Kier molecular flexibility index (Phi) is 3.84. The molecule has 25 heavy (non-hydrogen) atoms. The highest BCUT2D eigenvalue weighted by molar-refractivity contribution is 6.04. The van der Waals surface area contributed by atoms with E-state index in [-0.39, 0.29) is 5.41 Å². The van der Waals surface area contributed by atoms with E-state index in [1.54, 1.807) is 0 Å². The molecular formula is C23H23NO. The molecule has 0 spiro atoms. The van der Waals surface area contributed by atoms with Gasteiger partial charge in [0, 0.05) is 29.8 Å². The highest BCUT2D eigenvalue weighted by atomic mass is 16.1. The van der Waals surface area contributed by atoms with Crippen LogP contribution in [0.25, 0.3) is 11.3 Å². The third-order valence-electron chi connectivity index (χ3n) is 5.11. The summed E-state index contributed by atoms with van der Waals surface area (Å²) in [6.07, 6.45) is 2.27. The summed E-state index contributed by atoms with van der Waals surface area (Å²) >= 11 is 0. The van der Waals surface area contributed by atoms with Gasteiger partial charge in [-0.15, -0.1) is 0 Å². The SMILES string of the molecule is CC1(C)CC(=O)C2=C(C1)NC(c1ccccc1)=C(c1ccccc1)C2. The number of benzene rings is 2. The molecule has 0 bridgehead atoms. The summed E-state index contributed by atoms with van der Waals surface area (Å²) in [5.41, 5.74) is 6.80. The zero-order valence-electron chi connectivity index (χ0n) is 14.8. The van der Waals surface area contributed by atoms with Crippen molar-refractivity contribution in [2.45, 2.75) is 33.1 Å². The van der Waals surface area contributed by atoms with Crippen molar-refractivity contribution in [3.8, 4) is 0 Å². The minimum atomic E-state index is 0.0228. The van der Waals surface area contributed by atoms with Gasteiger partial charge in [-0.05, 0) is 28.5 Å². The minimum absolute atomic E-state index is 0.0228. The predicted octanol–water partition coefficient (Wildman–Crippen LogP) is 5.19. The smallest absolute Gasteiger partial charge is 0.161 e. The Balaban J connectivity index is 1.83. The molecule has 1 aliphatic heterocycles. The van der Waals surface area contributed by atoms with Crippen LogP contribution in [0.3, 0.4) is 0 Å². The van der Waals surface area contributed by atoms with Crippen LogP contribution in [-0.4, -0.2) is 5.78 Å². The molecule has 0 saturated carbocycles. The van der Waals surface area contributed by atoms with Crippen molar-refractivity contribution >= 4 is 17.1 Å². The molecular weight excluding hydrogens is 306 g/mol. The van der Waals surface area contributed by atoms with Gasteiger partial charge in [-0.3, -0.25) is 4.79 Å². The first-order valence-corrected chi connectivity index (χ1v) is 8.90. The fourth-order valence-corrected chi connectivity index (χ4v) is 3.91. The van der Waals surface area contributed by atoms with Crippen molar-refractivity contribution in [2.24, 2.45) is 5.41 Å². The van der Waals surface area contributed by atoms with Gasteiger partial charge in [0.05, 0.1) is 0 Å². The Labute approximate surface area is 149 Å². The molecule has 4 rings (SSSR count). The average molecular weight is 329 g/mol. The largest absolute Gasteiger partial charge is 0.358 e. The van der Waals surface area contributed by atoms with Gasteiger partial charge < -0.3 is 5.32 Å². The summed E-state index contributed by atoms with van der Waals surface area (Å²) in [6.45, 7) is 4.35. The van der Waals surface area contributed by atoms with E-state index in [1.807, 2.05) is 12.1 Å². The van der Waals surface area contributed by atoms with Gasteiger partial charge in [0.2, 0.25) is 0 Å². The molecule has 2 aromatic carbocycles. The maximum atomic E-state index is 12.7. The van der Waals surface area contributed by atoms with Crippen molar-refractivity contribution < 1.29 is 4.79 Å². The normalized spacial score (nSPS) is 19.5. The lowest BCUT2D eigenvalue weighted by Crippen LogP contribution is -2.33. The van der Waals surface area contributed by atoms with Crippen molar-refractivity contribution in [1.82, 2.24) is 5.32 Å². The Morgan fingerprint density at radius 2 is 1.40 bits per heavy atom. The van der Waals surface area contributed by atoms with Crippen LogP contribution >= 0.6 is 0 Å². The van der Waals surface area contributed by atoms with E-state index < -0.39 is 0 Å². The third-order valence-corrected chi connectivity index (χ3v) is 5.11. The fraction of sp³-hybridized carbons (Fsp3) is 0.261. The molecule has 0 saturated heterocycles. The van der Waals surface area contributed by atoms with Crippen LogP contribution in [0.1, 0.15) is 44.2 Å². The van der Waals surface area contributed by atoms with Crippen molar-refractivity contribution in [1.29, 1.82) is 0 Å². The molecule has 2 aromatic rings. The fourth-order valence-electron chi connectivity index (χ4n) is 3.91. The van der Waals surface area contributed by atoms with Crippen molar-refractivity contribution in [2.75, 3.05) is 0 Å². The third kappa shape index (κ3) is 3.05. The van der Waals surface area contributed by atoms with E-state index in [9.17, 15) is 4.79 Å². The first-order valence-electron chi connectivity index (χ1n) is 8.90. The van der Waals surface area contributed by atoms with Crippen molar-refractivity contribution in [3.63, 3.8) is 0 Å². The van der Waals surface area contributed by atoms with Crippen LogP contribution in [0, 0.1) is 5.41 Å². The lowest BCUT2D eigenvalue weighted by atomic mass is 9.73. The number of rotatable bonds is 2. The zero-order valence-corrected chi connectivity index (χ0v) is 14.8. The maximum absolute atomic E-state index is 12.7. The molecule has 0 fully saturated rings. The number of hydrogen-bond acceptors (Lipinski definition) is 2. The molecule has 126 valence electrons. The Hall–Kier alpha value is -2.61. The standard InChI is InChI=1S/C23H23NO/c1-23(2)14-20-19(21(25)15-23)13-18(16-9-5-3-6-10-16)22(24-20)17-11-7-4-8-12-17/h3-12,24H,13-15H2,1-2H3. The molecule has 1 heterocycles. The molecule has 2 heteroatoms. The maximum Gasteiger partial charge on any atom is 0.161 e. The highest BCUT2D eigenvalue weighted by Crippen LogP contribution is 2.43. The van der Waals surface area contributed by atoms with Gasteiger partial charge in [-0.2, -0.15) is 0 Å². The molecule has 0 amide bonds. The second kappa shape index (κ2) is 6.03. The van der Waals surface area contributed by atoms with Crippen LogP contribution in [0.15, 0.2) is 71.9 Å². The minimum Gasteiger partial charge on any atom is -0.358 e. The van der Waals surface area contributed by atoms with Gasteiger partial charge in [0.25, 0.3) is 0 Å². The van der Waals surface area contributed by atoms with Gasteiger partial charge >= 0.3 is 0 Å². The number of allylic oxidation sites excluding steroid dienone is 3. The highest BCUT2D eigenvalue weighted by Gasteiger charge is 2.36. The summed E-state index contributed by atoms with van der Waals surface area (Å²) in [5, 5.41) is 3.64. The molecule has 2 nitrogen and oxygen atoms in total. The Bertz CT molecular complexity index is 873. The van der Waals surface area contributed by atoms with Crippen LogP contribution in [0.4, 0.5) is 0 Å². The predicted molar refractivity (Wildman–Crippen MR) is 102 cm³/mol. The van der Waals surface area contributed by atoms with Crippen LogP contribution in [-0.2, 0) is 4.79 Å². The average Bonchev–Trinajstić information content (AvgIpc) is 2.61. The quantitative estimate of drug-likeness (QED) is 0.821. The van der Waals surface area contributed by atoms with Crippen molar-refractivity contribution in [3.05, 3.63) is 83.1 Å². The van der Waals surface area contributed by atoms with Gasteiger partial charge in [0.1, 0.15) is 0 Å². The number of ketones is 1. The lowest BCUT2D eigenvalue weighted by Gasteiger charge is -2.37. The Morgan fingerprint density at radius 1 is 0.800 bits per heavy atom. The second-order valence-corrected chi connectivity index (χ2v) is 7.79. The topological polar surface area (TPSA) is 29.1 Å². The number of carbonyl (C=O) groups is 1. The van der Waals surface area contributed by atoms with Crippen LogP contribution in [0.2, 0.25) is 0 Å². The number of Topliss-reactive ketones (excluding diaryl/α,β-unsaturated/α-hetero) is 1. The van der Waals surface area contributed by atoms with Gasteiger partial charge in [-0.1, -0.05) is 74.5 Å². The number of dihydropyridines is 1. The van der Waals surface area contributed by atoms with Gasteiger partial charge in [0.15, 0.2) is 5.78 Å². The number of hydrogen-bond donors (Lipinski definition) is 1. The van der Waals surface area contributed by atoms with Crippen LogP contribution < -0.4 is 5.32 Å². The van der Waals surface area contributed by atoms with E-state index in [4.69, 9.17) is 0 Å². The molecule has 0 aromatic heterocycles. The van der Waals surface area contributed by atoms with E-state index >= 15 is 0 Å². The summed E-state index contributed by atoms with van der Waals surface area (Å²) in [5.74, 6) is 0.291. The summed E-state index contributed by atoms with van der Waals surface area (Å²) < 4.78 is 0. The van der Waals surface area contributed by atoms with E-state index in [2.05, 4.69) is 67.7 Å². The summed E-state index contributed by atoms with van der Waals surface area (Å²) in [6, 6.07) is 20.8. The van der Waals surface area contributed by atoms with Crippen LogP contribution in [0.5, 0.6) is 0 Å². The second-order valence-electron chi connectivity index (χ2n) is 7.79. The zero-order chi connectivity index (χ0) is 17.4. The monoisotopic (exact) mass is 329 g/mol. The molecule has 0 atom stereocenters. The number of nitrogens with one attached hydrogen (secondary N) is 1. The molecule has 0 radical (unpaired) electrons. The molecule has 0 unspecified atom stereocenters.